The SMILES string of the molecule is C=CCNC(=O)COc1ccccc1O. The van der Waals surface area contributed by atoms with E-state index in [4.69, 9.17) is 4.74 Å². The number of carbonyl (C=O) groups is 1. The molecule has 0 spiro atoms. The molecule has 1 amide bonds. The van der Waals surface area contributed by atoms with E-state index < -0.39 is 0 Å². The van der Waals surface area contributed by atoms with E-state index in [1.54, 1.807) is 24.3 Å². The van der Waals surface area contributed by atoms with Crippen molar-refractivity contribution in [2.24, 2.45) is 0 Å². The summed E-state index contributed by atoms with van der Waals surface area (Å²) in [7, 11) is 0. The van der Waals surface area contributed by atoms with Gasteiger partial charge in [0.25, 0.3) is 5.91 Å². The van der Waals surface area contributed by atoms with Gasteiger partial charge in [-0.15, -0.1) is 6.58 Å². The normalized spacial score (nSPS) is 9.33. The van der Waals surface area contributed by atoms with Crippen LogP contribution in [-0.2, 0) is 4.79 Å². The van der Waals surface area contributed by atoms with Gasteiger partial charge < -0.3 is 15.2 Å². The zero-order valence-electron chi connectivity index (χ0n) is 8.27. The number of aromatic hydroxyl groups is 1. The number of rotatable bonds is 5. The third kappa shape index (κ3) is 3.72. The average molecular weight is 207 g/mol. The highest BCUT2D eigenvalue weighted by Crippen LogP contribution is 2.23. The van der Waals surface area contributed by atoms with E-state index >= 15 is 0 Å². The third-order valence-electron chi connectivity index (χ3n) is 1.67. The van der Waals surface area contributed by atoms with Crippen molar-refractivity contribution in [1.82, 2.24) is 5.32 Å². The number of nitrogens with one attached hydrogen (secondary N) is 1. The maximum atomic E-state index is 11.1. The van der Waals surface area contributed by atoms with Crippen LogP contribution in [0.5, 0.6) is 11.5 Å². The molecule has 0 saturated carbocycles. The quantitative estimate of drug-likeness (QED) is 0.710. The van der Waals surface area contributed by atoms with E-state index in [9.17, 15) is 9.90 Å². The Morgan fingerprint density at radius 2 is 2.27 bits per heavy atom. The summed E-state index contributed by atoms with van der Waals surface area (Å²) in [6.45, 7) is 3.76. The Morgan fingerprint density at radius 1 is 1.53 bits per heavy atom. The molecule has 0 unspecified atom stereocenters. The maximum absolute atomic E-state index is 11.1. The lowest BCUT2D eigenvalue weighted by atomic mass is 10.3. The summed E-state index contributed by atoms with van der Waals surface area (Å²) in [6, 6.07) is 6.49. The lowest BCUT2D eigenvalue weighted by Gasteiger charge is -2.07. The van der Waals surface area contributed by atoms with Crippen LogP contribution in [0.1, 0.15) is 0 Å². The van der Waals surface area contributed by atoms with Gasteiger partial charge in [0.2, 0.25) is 0 Å². The second kappa shape index (κ2) is 5.70. The lowest BCUT2D eigenvalue weighted by Crippen LogP contribution is -2.28. The Labute approximate surface area is 88.2 Å². The first-order valence-corrected chi connectivity index (χ1v) is 4.52. The first-order valence-electron chi connectivity index (χ1n) is 4.52. The van der Waals surface area contributed by atoms with Gasteiger partial charge in [-0.25, -0.2) is 0 Å². The molecular weight excluding hydrogens is 194 g/mol. The summed E-state index contributed by atoms with van der Waals surface area (Å²) >= 11 is 0. The maximum Gasteiger partial charge on any atom is 0.258 e. The van der Waals surface area contributed by atoms with Crippen LogP contribution in [0.2, 0.25) is 0 Å². The average Bonchev–Trinajstić information content (AvgIpc) is 2.25. The van der Waals surface area contributed by atoms with Gasteiger partial charge in [-0.1, -0.05) is 18.2 Å². The van der Waals surface area contributed by atoms with Crippen molar-refractivity contribution in [3.05, 3.63) is 36.9 Å². The van der Waals surface area contributed by atoms with Gasteiger partial charge in [0.15, 0.2) is 18.1 Å². The fourth-order valence-corrected chi connectivity index (χ4v) is 0.960. The van der Waals surface area contributed by atoms with Crippen molar-refractivity contribution in [3.8, 4) is 11.5 Å². The Balaban J connectivity index is 2.40. The molecule has 1 aromatic carbocycles. The summed E-state index contributed by atoms with van der Waals surface area (Å²) in [5.74, 6) is 0.0680. The standard InChI is InChI=1S/C11H13NO3/c1-2-7-12-11(14)8-15-10-6-4-3-5-9(10)13/h2-6,13H,1,7-8H2,(H,12,14). The topological polar surface area (TPSA) is 58.6 Å². The predicted molar refractivity (Wildman–Crippen MR) is 56.8 cm³/mol. The molecule has 0 bridgehead atoms. The van der Waals surface area contributed by atoms with E-state index in [1.807, 2.05) is 0 Å². The van der Waals surface area contributed by atoms with Gasteiger partial charge in [0.05, 0.1) is 0 Å². The molecule has 0 aliphatic rings. The number of hydrogen-bond donors (Lipinski definition) is 2. The molecule has 2 N–H and O–H groups in total. The van der Waals surface area contributed by atoms with E-state index in [1.165, 1.54) is 6.07 Å². The predicted octanol–water partition coefficient (Wildman–Crippen LogP) is 1.07. The molecule has 0 saturated heterocycles. The second-order valence-corrected chi connectivity index (χ2v) is 2.85. The molecule has 1 rings (SSSR count). The Kier molecular flexibility index (Phi) is 4.22. The largest absolute Gasteiger partial charge is 0.504 e. The van der Waals surface area contributed by atoms with Crippen LogP contribution in [0.25, 0.3) is 0 Å². The van der Waals surface area contributed by atoms with Gasteiger partial charge >= 0.3 is 0 Å². The molecule has 0 atom stereocenters. The van der Waals surface area contributed by atoms with Crippen molar-refractivity contribution < 1.29 is 14.6 Å². The Morgan fingerprint density at radius 3 is 2.93 bits per heavy atom. The van der Waals surface area contributed by atoms with Gasteiger partial charge in [0.1, 0.15) is 0 Å². The van der Waals surface area contributed by atoms with Gasteiger partial charge in [0, 0.05) is 6.54 Å². The second-order valence-electron chi connectivity index (χ2n) is 2.85. The van der Waals surface area contributed by atoms with E-state index in [0.717, 1.165) is 0 Å². The fourth-order valence-electron chi connectivity index (χ4n) is 0.960. The minimum Gasteiger partial charge on any atom is -0.504 e. The van der Waals surface area contributed by atoms with Crippen LogP contribution in [0, 0.1) is 0 Å². The minimum atomic E-state index is -0.252. The molecule has 0 heterocycles. The number of hydrogen-bond acceptors (Lipinski definition) is 3. The van der Waals surface area contributed by atoms with Crippen LogP contribution in [0.4, 0.5) is 0 Å². The Hall–Kier alpha value is -1.97. The summed E-state index contributed by atoms with van der Waals surface area (Å²) in [4.78, 5) is 11.1. The number of ether oxygens (including phenoxy) is 1. The first kappa shape index (κ1) is 11.1. The minimum absolute atomic E-state index is 0.0222. The zero-order chi connectivity index (χ0) is 11.1. The molecule has 4 heteroatoms. The highest BCUT2D eigenvalue weighted by molar-refractivity contribution is 5.77. The summed E-state index contributed by atoms with van der Waals surface area (Å²) in [5, 5.41) is 11.9. The summed E-state index contributed by atoms with van der Waals surface area (Å²) < 4.78 is 5.10. The third-order valence-corrected chi connectivity index (χ3v) is 1.67. The number of phenols is 1. The van der Waals surface area contributed by atoms with Crippen molar-refractivity contribution in [2.75, 3.05) is 13.2 Å². The summed E-state index contributed by atoms with van der Waals surface area (Å²) in [6.07, 6.45) is 1.58. The molecular formula is C11H13NO3. The molecule has 15 heavy (non-hydrogen) atoms. The van der Waals surface area contributed by atoms with Crippen LogP contribution >= 0.6 is 0 Å². The van der Waals surface area contributed by atoms with Crippen molar-refractivity contribution in [2.45, 2.75) is 0 Å². The zero-order valence-corrected chi connectivity index (χ0v) is 8.27. The van der Waals surface area contributed by atoms with Gasteiger partial charge in [-0.3, -0.25) is 4.79 Å². The molecule has 1 aromatic rings. The van der Waals surface area contributed by atoms with Crippen LogP contribution < -0.4 is 10.1 Å². The lowest BCUT2D eigenvalue weighted by molar-refractivity contribution is -0.122. The monoisotopic (exact) mass is 207 g/mol. The molecule has 0 aliphatic carbocycles. The molecule has 0 aromatic heterocycles. The molecule has 0 fully saturated rings. The molecule has 0 radical (unpaired) electrons. The highest BCUT2D eigenvalue weighted by Gasteiger charge is 2.03. The number of amides is 1. The van der Waals surface area contributed by atoms with Crippen molar-refractivity contribution >= 4 is 5.91 Å². The van der Waals surface area contributed by atoms with E-state index in [0.29, 0.717) is 12.3 Å². The van der Waals surface area contributed by atoms with Crippen LogP contribution in [-0.4, -0.2) is 24.2 Å². The number of carbonyl (C=O) groups excluding carboxylic acids is 1. The van der Waals surface area contributed by atoms with Crippen LogP contribution in [0.15, 0.2) is 36.9 Å². The molecule has 80 valence electrons. The van der Waals surface area contributed by atoms with Gasteiger partial charge in [-0.2, -0.15) is 0 Å². The van der Waals surface area contributed by atoms with E-state index in [-0.39, 0.29) is 18.3 Å². The van der Waals surface area contributed by atoms with Crippen molar-refractivity contribution in [1.29, 1.82) is 0 Å². The number of phenolic OH excluding ortho intramolecular Hbond substituents is 1. The number of benzene rings is 1. The van der Waals surface area contributed by atoms with Crippen LogP contribution in [0.3, 0.4) is 0 Å². The molecule has 0 aliphatic heterocycles. The van der Waals surface area contributed by atoms with E-state index in [2.05, 4.69) is 11.9 Å². The van der Waals surface area contributed by atoms with Crippen molar-refractivity contribution in [3.63, 3.8) is 0 Å². The smallest absolute Gasteiger partial charge is 0.258 e. The first-order chi connectivity index (χ1) is 7.24. The van der Waals surface area contributed by atoms with Gasteiger partial charge in [-0.05, 0) is 12.1 Å². The molecule has 4 nitrogen and oxygen atoms in total. The number of para-hydroxylation sites is 2. The Bertz CT molecular complexity index is 349. The highest BCUT2D eigenvalue weighted by atomic mass is 16.5. The fraction of sp³-hybridized carbons (Fsp3) is 0.182. The summed E-state index contributed by atoms with van der Waals surface area (Å²) in [5.41, 5.74) is 0.